The molecule has 1 atom stereocenters. The summed E-state index contributed by atoms with van der Waals surface area (Å²) in [7, 11) is 0. The van der Waals surface area contributed by atoms with E-state index in [-0.39, 0.29) is 0 Å². The van der Waals surface area contributed by atoms with Gasteiger partial charge in [0.05, 0.1) is 0 Å². The molecule has 1 aliphatic heterocycles. The van der Waals surface area contributed by atoms with Crippen molar-refractivity contribution in [2.24, 2.45) is 0 Å². The molecule has 3 heterocycles. The zero-order valence-corrected chi connectivity index (χ0v) is 11.9. The number of hydrogen-bond donors (Lipinski definition) is 0. The molecule has 2 aromatic heterocycles. The molecule has 2 aromatic rings. The third-order valence-electron chi connectivity index (χ3n) is 3.72. The molecule has 0 unspecified atom stereocenters. The molecular weight excluding hydrogens is 256 g/mol. The van der Waals surface area contributed by atoms with Gasteiger partial charge in [0.1, 0.15) is 0 Å². The van der Waals surface area contributed by atoms with Gasteiger partial charge < -0.3 is 4.90 Å². The number of pyridine rings is 1. The maximum Gasteiger partial charge on any atom is 0.185 e. The van der Waals surface area contributed by atoms with Crippen molar-refractivity contribution in [3.63, 3.8) is 0 Å². The maximum absolute atomic E-state index is 4.38. The van der Waals surface area contributed by atoms with Crippen LogP contribution in [0.25, 0.3) is 0 Å². The SMILES string of the molecule is C[C@H](c1cccnc1)N1CCN(c2nccs2)CC1. The van der Waals surface area contributed by atoms with E-state index in [1.165, 1.54) is 5.56 Å². The van der Waals surface area contributed by atoms with Crippen molar-refractivity contribution in [2.45, 2.75) is 13.0 Å². The Morgan fingerprint density at radius 1 is 1.21 bits per heavy atom. The number of hydrogen-bond acceptors (Lipinski definition) is 5. The number of aromatic nitrogens is 2. The Hall–Kier alpha value is -1.46. The van der Waals surface area contributed by atoms with Crippen molar-refractivity contribution in [3.05, 3.63) is 41.7 Å². The Morgan fingerprint density at radius 3 is 2.68 bits per heavy atom. The minimum Gasteiger partial charge on any atom is -0.346 e. The molecule has 0 spiro atoms. The van der Waals surface area contributed by atoms with Gasteiger partial charge in [0.15, 0.2) is 5.13 Å². The molecule has 3 rings (SSSR count). The van der Waals surface area contributed by atoms with E-state index < -0.39 is 0 Å². The maximum atomic E-state index is 4.38. The van der Waals surface area contributed by atoms with Gasteiger partial charge >= 0.3 is 0 Å². The number of piperazine rings is 1. The molecule has 19 heavy (non-hydrogen) atoms. The van der Waals surface area contributed by atoms with E-state index >= 15 is 0 Å². The minimum atomic E-state index is 0.437. The Kier molecular flexibility index (Phi) is 3.75. The lowest BCUT2D eigenvalue weighted by Crippen LogP contribution is -2.47. The highest BCUT2D eigenvalue weighted by Gasteiger charge is 2.23. The van der Waals surface area contributed by atoms with E-state index in [2.05, 4.69) is 32.8 Å². The summed E-state index contributed by atoms with van der Waals surface area (Å²) in [6.45, 7) is 6.53. The number of anilines is 1. The van der Waals surface area contributed by atoms with E-state index in [0.29, 0.717) is 6.04 Å². The molecule has 1 fully saturated rings. The van der Waals surface area contributed by atoms with Crippen LogP contribution in [-0.2, 0) is 0 Å². The van der Waals surface area contributed by atoms with Gasteiger partial charge in [-0.15, -0.1) is 11.3 Å². The van der Waals surface area contributed by atoms with Crippen LogP contribution in [0.2, 0.25) is 0 Å². The standard InChI is InChI=1S/C14H18N4S/c1-12(13-3-2-4-15-11-13)17-6-8-18(9-7-17)14-16-5-10-19-14/h2-5,10-12H,6-9H2,1H3/t12-/m1/s1. The molecule has 0 N–H and O–H groups in total. The molecule has 4 nitrogen and oxygen atoms in total. The summed E-state index contributed by atoms with van der Waals surface area (Å²) in [6.07, 6.45) is 5.68. The molecule has 0 amide bonds. The molecular formula is C14H18N4S. The summed E-state index contributed by atoms with van der Waals surface area (Å²) in [5, 5.41) is 3.19. The van der Waals surface area contributed by atoms with Crippen molar-refractivity contribution in [1.29, 1.82) is 0 Å². The number of thiazole rings is 1. The van der Waals surface area contributed by atoms with Crippen LogP contribution in [0.4, 0.5) is 5.13 Å². The van der Waals surface area contributed by atoms with E-state index in [4.69, 9.17) is 0 Å². The van der Waals surface area contributed by atoms with Gasteiger partial charge in [-0.05, 0) is 18.6 Å². The Bertz CT molecular complexity index is 491. The smallest absolute Gasteiger partial charge is 0.185 e. The van der Waals surface area contributed by atoms with Crippen molar-refractivity contribution >= 4 is 16.5 Å². The fourth-order valence-corrected chi connectivity index (χ4v) is 3.20. The molecule has 1 aliphatic rings. The average molecular weight is 274 g/mol. The molecule has 0 aliphatic carbocycles. The van der Waals surface area contributed by atoms with Crippen LogP contribution < -0.4 is 4.90 Å². The second-order valence-electron chi connectivity index (χ2n) is 4.80. The zero-order chi connectivity index (χ0) is 13.1. The van der Waals surface area contributed by atoms with Crippen molar-refractivity contribution < 1.29 is 0 Å². The van der Waals surface area contributed by atoms with Crippen LogP contribution in [0, 0.1) is 0 Å². The molecule has 0 radical (unpaired) electrons. The summed E-state index contributed by atoms with van der Waals surface area (Å²) >= 11 is 1.72. The van der Waals surface area contributed by atoms with Crippen molar-refractivity contribution in [3.8, 4) is 0 Å². The number of rotatable bonds is 3. The lowest BCUT2D eigenvalue weighted by Gasteiger charge is -2.38. The minimum absolute atomic E-state index is 0.437. The second kappa shape index (κ2) is 5.67. The molecule has 5 heteroatoms. The summed E-state index contributed by atoms with van der Waals surface area (Å²) in [4.78, 5) is 13.5. The molecule has 1 saturated heterocycles. The van der Waals surface area contributed by atoms with Crippen LogP contribution in [-0.4, -0.2) is 41.0 Å². The first-order valence-electron chi connectivity index (χ1n) is 6.63. The van der Waals surface area contributed by atoms with Crippen LogP contribution in [0.1, 0.15) is 18.5 Å². The van der Waals surface area contributed by atoms with Gasteiger partial charge in [0.25, 0.3) is 0 Å². The lowest BCUT2D eigenvalue weighted by molar-refractivity contribution is 0.198. The molecule has 0 bridgehead atoms. The van der Waals surface area contributed by atoms with E-state index in [0.717, 1.165) is 31.3 Å². The fraction of sp³-hybridized carbons (Fsp3) is 0.429. The highest BCUT2D eigenvalue weighted by molar-refractivity contribution is 7.13. The van der Waals surface area contributed by atoms with Gasteiger partial charge in [-0.3, -0.25) is 9.88 Å². The lowest BCUT2D eigenvalue weighted by atomic mass is 10.1. The Balaban J connectivity index is 1.61. The van der Waals surface area contributed by atoms with E-state index in [9.17, 15) is 0 Å². The first kappa shape index (κ1) is 12.6. The molecule has 0 aromatic carbocycles. The summed E-state index contributed by atoms with van der Waals surface area (Å²) in [5.41, 5.74) is 1.30. The third kappa shape index (κ3) is 2.77. The van der Waals surface area contributed by atoms with Crippen molar-refractivity contribution in [2.75, 3.05) is 31.1 Å². The average Bonchev–Trinajstić information content (AvgIpc) is 3.02. The van der Waals surface area contributed by atoms with Gasteiger partial charge in [0, 0.05) is 56.2 Å². The summed E-state index contributed by atoms with van der Waals surface area (Å²) < 4.78 is 0. The van der Waals surface area contributed by atoms with Gasteiger partial charge in [-0.1, -0.05) is 6.07 Å². The van der Waals surface area contributed by atoms with Crippen molar-refractivity contribution in [1.82, 2.24) is 14.9 Å². The summed E-state index contributed by atoms with van der Waals surface area (Å²) in [6, 6.07) is 4.61. The largest absolute Gasteiger partial charge is 0.346 e. The normalized spacial score (nSPS) is 18.5. The highest BCUT2D eigenvalue weighted by Crippen LogP contribution is 2.24. The fourth-order valence-electron chi connectivity index (χ4n) is 2.51. The molecule has 100 valence electrons. The quantitative estimate of drug-likeness (QED) is 0.860. The molecule has 0 saturated carbocycles. The predicted molar refractivity (Wildman–Crippen MR) is 78.6 cm³/mol. The Labute approximate surface area is 117 Å². The zero-order valence-electron chi connectivity index (χ0n) is 11.1. The Morgan fingerprint density at radius 2 is 2.05 bits per heavy atom. The van der Waals surface area contributed by atoms with Crippen LogP contribution in [0.15, 0.2) is 36.1 Å². The van der Waals surface area contributed by atoms with Crippen LogP contribution >= 0.6 is 11.3 Å². The first-order chi connectivity index (χ1) is 9.34. The monoisotopic (exact) mass is 274 g/mol. The third-order valence-corrected chi connectivity index (χ3v) is 4.55. The van der Waals surface area contributed by atoms with Gasteiger partial charge in [-0.25, -0.2) is 4.98 Å². The topological polar surface area (TPSA) is 32.3 Å². The van der Waals surface area contributed by atoms with Crippen LogP contribution in [0.3, 0.4) is 0 Å². The van der Waals surface area contributed by atoms with Gasteiger partial charge in [-0.2, -0.15) is 0 Å². The summed E-state index contributed by atoms with van der Waals surface area (Å²) in [5.74, 6) is 0. The van der Waals surface area contributed by atoms with E-state index in [1.54, 1.807) is 11.3 Å². The predicted octanol–water partition coefficient (Wildman–Crippen LogP) is 2.42. The van der Waals surface area contributed by atoms with E-state index in [1.807, 2.05) is 30.0 Å². The first-order valence-corrected chi connectivity index (χ1v) is 7.51. The van der Waals surface area contributed by atoms with Crippen LogP contribution in [0.5, 0.6) is 0 Å². The second-order valence-corrected chi connectivity index (χ2v) is 5.67. The number of nitrogens with zero attached hydrogens (tertiary/aromatic N) is 4. The van der Waals surface area contributed by atoms with Gasteiger partial charge in [0.2, 0.25) is 0 Å². The highest BCUT2D eigenvalue weighted by atomic mass is 32.1.